The van der Waals surface area contributed by atoms with E-state index < -0.39 is 18.0 Å². The van der Waals surface area contributed by atoms with Crippen LogP contribution in [0.1, 0.15) is 5.56 Å². The van der Waals surface area contributed by atoms with Crippen LogP contribution in [0.25, 0.3) is 10.2 Å². The second-order valence-electron chi connectivity index (χ2n) is 6.28. The van der Waals surface area contributed by atoms with Gasteiger partial charge in [-0.2, -0.15) is 4.99 Å². The molecule has 1 unspecified atom stereocenters. The molecule has 0 fully saturated rings. The van der Waals surface area contributed by atoms with E-state index in [4.69, 9.17) is 14.2 Å². The summed E-state index contributed by atoms with van der Waals surface area (Å²) in [6.07, 6.45) is -0.840. The van der Waals surface area contributed by atoms with E-state index in [2.05, 4.69) is 4.99 Å². The van der Waals surface area contributed by atoms with Gasteiger partial charge in [0, 0.05) is 0 Å². The molecule has 2 heterocycles. The molecule has 0 spiro atoms. The van der Waals surface area contributed by atoms with E-state index in [-0.39, 0.29) is 13.2 Å². The van der Waals surface area contributed by atoms with Gasteiger partial charge in [0.2, 0.25) is 6.10 Å². The number of aromatic nitrogens is 1. The predicted octanol–water partition coefficient (Wildman–Crippen LogP) is 2.45. The number of fused-ring (bicyclic) bond motifs is 2. The molecule has 0 N–H and O–H groups in total. The lowest BCUT2D eigenvalue weighted by Crippen LogP contribution is -2.37. The maximum Gasteiger partial charge on any atom is 0.325 e. The summed E-state index contributed by atoms with van der Waals surface area (Å²) in [7, 11) is 1.33. The van der Waals surface area contributed by atoms with Gasteiger partial charge in [-0.05, 0) is 30.7 Å². The Morgan fingerprint density at radius 3 is 2.79 bits per heavy atom. The fourth-order valence-corrected chi connectivity index (χ4v) is 4.15. The third-order valence-electron chi connectivity index (χ3n) is 4.41. The Morgan fingerprint density at radius 2 is 2.00 bits per heavy atom. The molecule has 0 radical (unpaired) electrons. The van der Waals surface area contributed by atoms with Gasteiger partial charge >= 0.3 is 5.97 Å². The summed E-state index contributed by atoms with van der Waals surface area (Å²) in [5.41, 5.74) is 1.84. The Kier molecular flexibility index (Phi) is 4.87. The second-order valence-corrected chi connectivity index (χ2v) is 7.29. The fraction of sp³-hybridized carbons (Fsp3) is 0.250. The molecule has 4 rings (SSSR count). The lowest BCUT2D eigenvalue weighted by molar-refractivity contribution is -0.141. The number of benzene rings is 2. The average Bonchev–Trinajstić information content (AvgIpc) is 3.05. The summed E-state index contributed by atoms with van der Waals surface area (Å²) in [5, 5.41) is 0. The molecule has 1 atom stereocenters. The minimum Gasteiger partial charge on any atom is -0.485 e. The standard InChI is InChI=1S/C20H18N2O5S/c1-12-6-5-9-16-18(12)22(10-17(23)25-2)20(28-16)21-19(24)15-11-26-13-7-3-4-8-14(13)27-15/h3-9,15H,10-11H2,1-2H3. The quantitative estimate of drug-likeness (QED) is 0.633. The number of esters is 1. The first-order chi connectivity index (χ1) is 13.6. The summed E-state index contributed by atoms with van der Waals surface area (Å²) >= 11 is 1.34. The van der Waals surface area contributed by atoms with E-state index >= 15 is 0 Å². The molecular formula is C20H18N2O5S. The minimum absolute atomic E-state index is 0.0294. The summed E-state index contributed by atoms with van der Waals surface area (Å²) in [6.45, 7) is 2.00. The molecule has 144 valence electrons. The van der Waals surface area contributed by atoms with Gasteiger partial charge in [0.15, 0.2) is 16.3 Å². The van der Waals surface area contributed by atoms with Gasteiger partial charge < -0.3 is 18.8 Å². The van der Waals surface area contributed by atoms with Crippen molar-refractivity contribution in [1.29, 1.82) is 0 Å². The van der Waals surface area contributed by atoms with Gasteiger partial charge in [0.05, 0.1) is 17.3 Å². The molecule has 0 aliphatic carbocycles. The highest BCUT2D eigenvalue weighted by Gasteiger charge is 2.27. The van der Waals surface area contributed by atoms with Crippen LogP contribution in [-0.4, -0.2) is 36.3 Å². The van der Waals surface area contributed by atoms with Crippen LogP contribution in [0.15, 0.2) is 47.5 Å². The molecule has 0 bridgehead atoms. The summed E-state index contributed by atoms with van der Waals surface area (Å²) in [4.78, 5) is 29.3. The molecular weight excluding hydrogens is 380 g/mol. The largest absolute Gasteiger partial charge is 0.485 e. The molecule has 1 aliphatic heterocycles. The number of methoxy groups -OCH3 is 1. The van der Waals surface area contributed by atoms with Crippen LogP contribution in [0.3, 0.4) is 0 Å². The number of amides is 1. The Bertz CT molecular complexity index is 1130. The topological polar surface area (TPSA) is 79.1 Å². The van der Waals surface area contributed by atoms with Gasteiger partial charge in [0.25, 0.3) is 5.91 Å². The van der Waals surface area contributed by atoms with Crippen LogP contribution in [0, 0.1) is 6.92 Å². The molecule has 2 aromatic carbocycles. The molecule has 0 saturated heterocycles. The zero-order chi connectivity index (χ0) is 19.7. The van der Waals surface area contributed by atoms with E-state index in [9.17, 15) is 9.59 Å². The van der Waals surface area contributed by atoms with Crippen molar-refractivity contribution in [1.82, 2.24) is 4.57 Å². The van der Waals surface area contributed by atoms with Crippen LogP contribution in [-0.2, 0) is 20.9 Å². The first-order valence-corrected chi connectivity index (χ1v) is 9.51. The maximum absolute atomic E-state index is 12.8. The zero-order valence-electron chi connectivity index (χ0n) is 15.4. The molecule has 8 heteroatoms. The molecule has 1 aliphatic rings. The highest BCUT2D eigenvalue weighted by Crippen LogP contribution is 2.31. The number of aryl methyl sites for hydroxylation is 1. The molecule has 28 heavy (non-hydrogen) atoms. The SMILES string of the molecule is COC(=O)Cn1c(=NC(=O)C2COc3ccccc3O2)sc2cccc(C)c21. The van der Waals surface area contributed by atoms with Crippen molar-refractivity contribution in [3.8, 4) is 11.5 Å². The van der Waals surface area contributed by atoms with Gasteiger partial charge in [-0.15, -0.1) is 0 Å². The smallest absolute Gasteiger partial charge is 0.325 e. The molecule has 1 aromatic heterocycles. The predicted molar refractivity (Wildman–Crippen MR) is 103 cm³/mol. The fourth-order valence-electron chi connectivity index (χ4n) is 3.04. The molecule has 1 amide bonds. The van der Waals surface area contributed by atoms with Gasteiger partial charge in [-0.3, -0.25) is 9.59 Å². The van der Waals surface area contributed by atoms with Crippen LogP contribution in [0.4, 0.5) is 0 Å². The first-order valence-electron chi connectivity index (χ1n) is 8.69. The monoisotopic (exact) mass is 398 g/mol. The number of carbonyl (C=O) groups is 2. The summed E-state index contributed by atoms with van der Waals surface area (Å²) in [5.74, 6) is 0.238. The van der Waals surface area contributed by atoms with Crippen LogP contribution in [0.2, 0.25) is 0 Å². The third kappa shape index (κ3) is 3.38. The van der Waals surface area contributed by atoms with Crippen LogP contribution in [0.5, 0.6) is 11.5 Å². The molecule has 3 aromatic rings. The van der Waals surface area contributed by atoms with Crippen molar-refractivity contribution < 1.29 is 23.8 Å². The van der Waals surface area contributed by atoms with Crippen molar-refractivity contribution in [2.24, 2.45) is 4.99 Å². The van der Waals surface area contributed by atoms with Crippen molar-refractivity contribution in [3.05, 3.63) is 52.8 Å². The van der Waals surface area contributed by atoms with Gasteiger partial charge in [-0.25, -0.2) is 0 Å². The number of para-hydroxylation sites is 3. The van der Waals surface area contributed by atoms with E-state index in [1.165, 1.54) is 18.4 Å². The number of thiazole rings is 1. The highest BCUT2D eigenvalue weighted by molar-refractivity contribution is 7.16. The number of carbonyl (C=O) groups excluding carboxylic acids is 2. The number of hydrogen-bond donors (Lipinski definition) is 0. The maximum atomic E-state index is 12.8. The van der Waals surface area contributed by atoms with Crippen molar-refractivity contribution in [2.75, 3.05) is 13.7 Å². The van der Waals surface area contributed by atoms with Crippen molar-refractivity contribution in [3.63, 3.8) is 0 Å². The summed E-state index contributed by atoms with van der Waals surface area (Å²) in [6, 6.07) is 13.0. The lowest BCUT2D eigenvalue weighted by atomic mass is 10.2. The first kappa shape index (κ1) is 18.2. The number of rotatable bonds is 3. The Hall–Kier alpha value is -3.13. The number of ether oxygens (including phenoxy) is 3. The zero-order valence-corrected chi connectivity index (χ0v) is 16.2. The van der Waals surface area contributed by atoms with Crippen LogP contribution < -0.4 is 14.3 Å². The Balaban J connectivity index is 1.73. The van der Waals surface area contributed by atoms with E-state index in [1.807, 2.05) is 37.3 Å². The van der Waals surface area contributed by atoms with Crippen LogP contribution >= 0.6 is 11.3 Å². The second kappa shape index (κ2) is 7.47. The van der Waals surface area contributed by atoms with E-state index in [1.54, 1.807) is 16.7 Å². The van der Waals surface area contributed by atoms with Gasteiger partial charge in [-0.1, -0.05) is 35.6 Å². The van der Waals surface area contributed by atoms with Crippen molar-refractivity contribution in [2.45, 2.75) is 19.6 Å². The Morgan fingerprint density at radius 1 is 1.21 bits per heavy atom. The molecule has 0 saturated carbocycles. The summed E-state index contributed by atoms with van der Waals surface area (Å²) < 4.78 is 18.8. The minimum atomic E-state index is -0.840. The highest BCUT2D eigenvalue weighted by atomic mass is 32.1. The number of hydrogen-bond acceptors (Lipinski definition) is 6. The lowest BCUT2D eigenvalue weighted by Gasteiger charge is -2.23. The Labute approximate surface area is 164 Å². The van der Waals surface area contributed by atoms with Gasteiger partial charge in [0.1, 0.15) is 13.2 Å². The molecule has 7 nitrogen and oxygen atoms in total. The number of nitrogens with zero attached hydrogens (tertiary/aromatic N) is 2. The van der Waals surface area contributed by atoms with Crippen molar-refractivity contribution >= 4 is 33.4 Å². The normalized spacial score (nSPS) is 16.2. The average molecular weight is 398 g/mol. The van der Waals surface area contributed by atoms with E-state index in [0.717, 1.165) is 15.8 Å². The third-order valence-corrected chi connectivity index (χ3v) is 5.45. The van der Waals surface area contributed by atoms with E-state index in [0.29, 0.717) is 16.3 Å².